The number of carbonyl (C=O) groups is 1. The first kappa shape index (κ1) is 26.1. The minimum Gasteiger partial charge on any atom is -1.00 e. The molecule has 0 aromatic rings. The van der Waals surface area contributed by atoms with Crippen LogP contribution in [0.15, 0.2) is 0 Å². The number of hydrogen-bond donors (Lipinski definition) is 1. The Kier molecular flexibility index (Phi) is 60.1. The van der Waals surface area contributed by atoms with Crippen molar-refractivity contribution in [2.45, 2.75) is 6.92 Å². The van der Waals surface area contributed by atoms with Gasteiger partial charge in [0.1, 0.15) is 0 Å². The van der Waals surface area contributed by atoms with Gasteiger partial charge in [0.2, 0.25) is 0 Å². The predicted octanol–water partition coefficient (Wildman–Crippen LogP) is -3.87. The van der Waals surface area contributed by atoms with Gasteiger partial charge in [0.25, 0.3) is 0 Å². The molecule has 4 N–H and O–H groups in total. The van der Waals surface area contributed by atoms with Gasteiger partial charge in [-0.15, -0.1) is 0 Å². The van der Waals surface area contributed by atoms with Gasteiger partial charge in [0.05, 0.1) is 0 Å². The average Bonchev–Trinajstić information content (AvgIpc) is 0.811. The first-order valence-electron chi connectivity index (χ1n) is 0.908. The van der Waals surface area contributed by atoms with Gasteiger partial charge >= 0.3 is 0 Å². The standard InChI is InChI=1S/C2H4O2.BrH.Mn.H3N/c1-2(3)4;;;/h1H3,(H,3,4);1H;;1H3/p-1. The Morgan fingerprint density at radius 3 is 1.57 bits per heavy atom. The van der Waals surface area contributed by atoms with E-state index in [0.717, 1.165) is 6.92 Å². The largest absolute Gasteiger partial charge is 1.00 e. The Bertz CT molecular complexity index is 38.7. The summed E-state index contributed by atoms with van der Waals surface area (Å²) in [6.45, 7) is 0.972. The quantitative estimate of drug-likeness (QED) is 0.417. The fourth-order valence-electron chi connectivity index (χ4n) is 0. The number of carboxylic acids is 1. The van der Waals surface area contributed by atoms with Crippen molar-refractivity contribution in [3.63, 3.8) is 0 Å². The molecule has 47 valence electrons. The molecule has 1 radical (unpaired) electrons. The molecule has 0 aliphatic carbocycles. The molecule has 0 heterocycles. The van der Waals surface area contributed by atoms with Crippen LogP contribution in [0.4, 0.5) is 0 Å². The molecule has 0 aromatic heterocycles. The molecule has 0 saturated heterocycles. The number of rotatable bonds is 0. The molecule has 0 spiro atoms. The Balaban J connectivity index is -0.0000000150. The molecular formula is C2H7BrMnNO2-. The SMILES string of the molecule is CC(=O)[O-].[Br-].[Mn].[NH4+]. The van der Waals surface area contributed by atoms with Crippen LogP contribution in [0, 0.1) is 0 Å². The van der Waals surface area contributed by atoms with E-state index in [0.29, 0.717) is 0 Å². The zero-order valence-electron chi connectivity index (χ0n) is 4.07. The minimum atomic E-state index is -1.08. The zero-order valence-corrected chi connectivity index (χ0v) is 6.84. The molecule has 0 unspecified atom stereocenters. The molecule has 0 amide bonds. The van der Waals surface area contributed by atoms with Crippen LogP contribution in [0.25, 0.3) is 0 Å². The average molecular weight is 212 g/mol. The third-order valence-corrected chi connectivity index (χ3v) is 0. The van der Waals surface area contributed by atoms with E-state index in [2.05, 4.69) is 0 Å². The monoisotopic (exact) mass is 211 g/mol. The van der Waals surface area contributed by atoms with Crippen LogP contribution < -0.4 is 28.2 Å². The zero-order chi connectivity index (χ0) is 3.58. The van der Waals surface area contributed by atoms with E-state index >= 15 is 0 Å². The molecule has 0 saturated carbocycles. The van der Waals surface area contributed by atoms with Crippen LogP contribution in [0.2, 0.25) is 0 Å². The Morgan fingerprint density at radius 2 is 1.57 bits per heavy atom. The second-order valence-electron chi connectivity index (χ2n) is 0.492. The van der Waals surface area contributed by atoms with Gasteiger partial charge in [-0.1, -0.05) is 0 Å². The molecule has 0 rings (SSSR count). The molecule has 5 heteroatoms. The maximum absolute atomic E-state index is 8.89. The number of hydrogen-bond acceptors (Lipinski definition) is 2. The van der Waals surface area contributed by atoms with Gasteiger partial charge in [-0.25, -0.2) is 0 Å². The number of halogens is 1. The number of carbonyl (C=O) groups excluding carboxylic acids is 1. The smallest absolute Gasteiger partial charge is 0.0383 e. The Labute approximate surface area is 63.3 Å². The van der Waals surface area contributed by atoms with Crippen molar-refractivity contribution in [2.75, 3.05) is 0 Å². The number of quaternary nitrogens is 1. The molecule has 0 aromatic carbocycles. The maximum Gasteiger partial charge on any atom is 0.0383 e. The van der Waals surface area contributed by atoms with Crippen molar-refractivity contribution < 1.29 is 44.0 Å². The van der Waals surface area contributed by atoms with Gasteiger partial charge in [-0.05, 0) is 6.92 Å². The summed E-state index contributed by atoms with van der Waals surface area (Å²) in [4.78, 5) is 8.89. The summed E-state index contributed by atoms with van der Waals surface area (Å²) in [5.74, 6) is -1.08. The number of carboxylic acid groups (broad SMARTS) is 1. The van der Waals surface area contributed by atoms with Gasteiger partial charge in [0, 0.05) is 23.0 Å². The minimum absolute atomic E-state index is 0. The second kappa shape index (κ2) is 16.1. The first-order chi connectivity index (χ1) is 1.73. The van der Waals surface area contributed by atoms with Gasteiger partial charge in [-0.3, -0.25) is 0 Å². The van der Waals surface area contributed by atoms with E-state index in [1.54, 1.807) is 0 Å². The topological polar surface area (TPSA) is 76.6 Å². The fourth-order valence-corrected chi connectivity index (χ4v) is 0. The van der Waals surface area contributed by atoms with E-state index in [1.807, 2.05) is 0 Å². The molecule has 0 aliphatic heterocycles. The van der Waals surface area contributed by atoms with Gasteiger partial charge in [0.15, 0.2) is 0 Å². The van der Waals surface area contributed by atoms with Crippen LogP contribution in [-0.4, -0.2) is 5.97 Å². The van der Waals surface area contributed by atoms with Gasteiger partial charge < -0.3 is 33.0 Å². The summed E-state index contributed by atoms with van der Waals surface area (Å²) >= 11 is 0. The summed E-state index contributed by atoms with van der Waals surface area (Å²) in [7, 11) is 0. The molecule has 0 fully saturated rings. The summed E-state index contributed by atoms with van der Waals surface area (Å²) < 4.78 is 0. The number of aliphatic carboxylic acids is 1. The maximum atomic E-state index is 8.89. The van der Waals surface area contributed by atoms with Crippen LogP contribution in [-0.2, 0) is 21.9 Å². The van der Waals surface area contributed by atoms with E-state index in [1.165, 1.54) is 0 Å². The second-order valence-corrected chi connectivity index (χ2v) is 0.492. The summed E-state index contributed by atoms with van der Waals surface area (Å²) in [6, 6.07) is 0. The van der Waals surface area contributed by atoms with Crippen molar-refractivity contribution in [1.82, 2.24) is 6.15 Å². The van der Waals surface area contributed by atoms with Crippen LogP contribution >= 0.6 is 0 Å². The first-order valence-corrected chi connectivity index (χ1v) is 0.908. The van der Waals surface area contributed by atoms with Crippen molar-refractivity contribution in [3.05, 3.63) is 0 Å². The van der Waals surface area contributed by atoms with E-state index < -0.39 is 5.97 Å². The third-order valence-electron chi connectivity index (χ3n) is 0. The predicted molar refractivity (Wildman–Crippen MR) is 16.7 cm³/mol. The van der Waals surface area contributed by atoms with Crippen LogP contribution in [0.1, 0.15) is 6.92 Å². The fraction of sp³-hybridized carbons (Fsp3) is 0.500. The van der Waals surface area contributed by atoms with Gasteiger partial charge in [-0.2, -0.15) is 0 Å². The summed E-state index contributed by atoms with van der Waals surface area (Å²) in [6.07, 6.45) is 0. The normalized spacial score (nSPS) is 3.57. The van der Waals surface area contributed by atoms with Crippen molar-refractivity contribution in [1.29, 1.82) is 0 Å². The molecule has 0 aliphatic rings. The molecule has 7 heavy (non-hydrogen) atoms. The Hall–Kier alpha value is 0.429. The van der Waals surface area contributed by atoms with Crippen LogP contribution in [0.3, 0.4) is 0 Å². The van der Waals surface area contributed by atoms with E-state index in [-0.39, 0.29) is 40.2 Å². The molecule has 0 bridgehead atoms. The molecule has 3 nitrogen and oxygen atoms in total. The van der Waals surface area contributed by atoms with E-state index in [9.17, 15) is 0 Å². The third kappa shape index (κ3) is 684. The van der Waals surface area contributed by atoms with Crippen LogP contribution in [0.5, 0.6) is 0 Å². The van der Waals surface area contributed by atoms with Crippen molar-refractivity contribution in [2.24, 2.45) is 0 Å². The van der Waals surface area contributed by atoms with Crippen molar-refractivity contribution >= 4 is 5.97 Å². The Morgan fingerprint density at radius 1 is 1.57 bits per heavy atom. The van der Waals surface area contributed by atoms with Crippen molar-refractivity contribution in [3.8, 4) is 0 Å². The molecular weight excluding hydrogens is 205 g/mol. The summed E-state index contributed by atoms with van der Waals surface area (Å²) in [5, 5.41) is 8.89. The molecule has 0 atom stereocenters. The van der Waals surface area contributed by atoms with E-state index in [4.69, 9.17) is 9.90 Å². The summed E-state index contributed by atoms with van der Waals surface area (Å²) in [5.41, 5.74) is 0.